The third kappa shape index (κ3) is 4.52. The number of anilines is 1. The summed E-state index contributed by atoms with van der Waals surface area (Å²) >= 11 is 0. The maximum atomic E-state index is 13.5. The molecule has 9 heteroatoms. The Balaban J connectivity index is 1.83. The molecule has 0 bridgehead atoms. The van der Waals surface area contributed by atoms with E-state index in [2.05, 4.69) is 10.6 Å². The van der Waals surface area contributed by atoms with Gasteiger partial charge in [0.25, 0.3) is 17.6 Å². The van der Waals surface area contributed by atoms with Crippen LogP contribution in [0.4, 0.5) is 10.1 Å². The van der Waals surface area contributed by atoms with Crippen LogP contribution < -0.4 is 10.6 Å². The summed E-state index contributed by atoms with van der Waals surface area (Å²) in [4.78, 5) is 38.3. The molecule has 0 spiro atoms. The van der Waals surface area contributed by atoms with Gasteiger partial charge in [0.2, 0.25) is 0 Å². The molecule has 2 amide bonds. The summed E-state index contributed by atoms with van der Waals surface area (Å²) in [6.07, 6.45) is -0.488. The third-order valence-electron chi connectivity index (χ3n) is 5.64. The number of aromatic nitrogens is 1. The molecule has 3 N–H and O–H groups in total. The van der Waals surface area contributed by atoms with Crippen molar-refractivity contribution in [3.63, 3.8) is 0 Å². The number of halogens is 1. The monoisotopic (exact) mass is 431 g/mol. The first-order valence-electron chi connectivity index (χ1n) is 9.96. The summed E-state index contributed by atoms with van der Waals surface area (Å²) in [5, 5.41) is 15.2. The maximum absolute atomic E-state index is 13.5. The molecule has 1 aliphatic heterocycles. The van der Waals surface area contributed by atoms with Gasteiger partial charge in [0.15, 0.2) is 0 Å². The predicted octanol–water partition coefficient (Wildman–Crippen LogP) is 1.79. The second-order valence-electron chi connectivity index (χ2n) is 7.75. The standard InChI is InChI=1S/C22H26FN3O5/c1-11-9-14(5-6-15(11)23)24-21(29)18-12(2)19(26(4)13(18)3)20(28)22(30)25-16-7-8-31-10-17(16)27/h5-6,9,16-17,27H,7-8,10H2,1-4H3,(H,24,29)(H,25,30)/t16-,17-/m1/s1. The molecule has 1 aliphatic rings. The highest BCUT2D eigenvalue weighted by atomic mass is 19.1. The van der Waals surface area contributed by atoms with Crippen molar-refractivity contribution in [2.45, 2.75) is 39.3 Å². The fourth-order valence-electron chi connectivity index (χ4n) is 3.78. The van der Waals surface area contributed by atoms with Crippen LogP contribution >= 0.6 is 0 Å². The van der Waals surface area contributed by atoms with Crippen molar-refractivity contribution in [3.05, 3.63) is 52.1 Å². The van der Waals surface area contributed by atoms with E-state index < -0.39 is 29.7 Å². The molecule has 8 nitrogen and oxygen atoms in total. The number of aryl methyl sites for hydroxylation is 1. The number of aliphatic hydroxyl groups is 1. The van der Waals surface area contributed by atoms with E-state index in [1.165, 1.54) is 22.8 Å². The van der Waals surface area contributed by atoms with Crippen LogP contribution in [0.1, 0.15) is 44.1 Å². The molecule has 1 saturated heterocycles. The number of hydrogen-bond acceptors (Lipinski definition) is 5. The van der Waals surface area contributed by atoms with E-state index in [9.17, 15) is 23.9 Å². The maximum Gasteiger partial charge on any atom is 0.294 e. The van der Waals surface area contributed by atoms with E-state index in [-0.39, 0.29) is 23.7 Å². The second kappa shape index (κ2) is 8.99. The van der Waals surface area contributed by atoms with Crippen molar-refractivity contribution in [2.75, 3.05) is 18.5 Å². The van der Waals surface area contributed by atoms with Crippen molar-refractivity contribution in [1.29, 1.82) is 0 Å². The number of carbonyl (C=O) groups is 3. The number of carbonyl (C=O) groups excluding carboxylic acids is 3. The number of ether oxygens (including phenoxy) is 1. The van der Waals surface area contributed by atoms with Crippen LogP contribution in [0.15, 0.2) is 18.2 Å². The molecule has 0 radical (unpaired) electrons. The van der Waals surface area contributed by atoms with Crippen molar-refractivity contribution >= 4 is 23.3 Å². The predicted molar refractivity (Wildman–Crippen MR) is 112 cm³/mol. The van der Waals surface area contributed by atoms with Gasteiger partial charge in [-0.1, -0.05) is 0 Å². The fraction of sp³-hybridized carbons (Fsp3) is 0.409. The van der Waals surface area contributed by atoms with Gasteiger partial charge in [-0.05, 0) is 56.5 Å². The highest BCUT2D eigenvalue weighted by Gasteiger charge is 2.32. The minimum atomic E-state index is -0.887. The van der Waals surface area contributed by atoms with Crippen LogP contribution in [-0.4, -0.2) is 52.6 Å². The first-order chi connectivity index (χ1) is 14.6. The summed E-state index contributed by atoms with van der Waals surface area (Å²) in [5.41, 5.74) is 2.05. The normalized spacial score (nSPS) is 18.5. The molecule has 2 heterocycles. The van der Waals surface area contributed by atoms with Crippen LogP contribution in [0, 0.1) is 26.6 Å². The summed E-state index contributed by atoms with van der Waals surface area (Å²) in [7, 11) is 1.60. The molecule has 0 aliphatic carbocycles. The van der Waals surface area contributed by atoms with Crippen LogP contribution in [0.3, 0.4) is 0 Å². The molecule has 1 fully saturated rings. The molecule has 2 aromatic rings. The van der Waals surface area contributed by atoms with Crippen molar-refractivity contribution in [3.8, 4) is 0 Å². The molecule has 3 rings (SSSR count). The summed E-state index contributed by atoms with van der Waals surface area (Å²) in [6, 6.07) is 3.66. The number of rotatable bonds is 5. The lowest BCUT2D eigenvalue weighted by Gasteiger charge is -2.28. The summed E-state index contributed by atoms with van der Waals surface area (Å²) in [6.45, 7) is 5.34. The van der Waals surface area contributed by atoms with Gasteiger partial charge in [0.05, 0.1) is 30.0 Å². The average Bonchev–Trinajstić information content (AvgIpc) is 2.94. The highest BCUT2D eigenvalue weighted by Crippen LogP contribution is 2.24. The fourth-order valence-corrected chi connectivity index (χ4v) is 3.78. The number of ketones is 1. The van der Waals surface area contributed by atoms with Crippen molar-refractivity contribution < 1.29 is 28.6 Å². The molecule has 2 atom stereocenters. The van der Waals surface area contributed by atoms with Gasteiger partial charge in [-0.3, -0.25) is 14.4 Å². The Kier molecular flexibility index (Phi) is 6.56. The van der Waals surface area contributed by atoms with Gasteiger partial charge in [-0.2, -0.15) is 0 Å². The lowest BCUT2D eigenvalue weighted by atomic mass is 10.0. The van der Waals surface area contributed by atoms with Gasteiger partial charge < -0.3 is 25.0 Å². The van der Waals surface area contributed by atoms with Crippen LogP contribution in [0.2, 0.25) is 0 Å². The van der Waals surface area contributed by atoms with E-state index >= 15 is 0 Å². The van der Waals surface area contributed by atoms with E-state index in [1.54, 1.807) is 27.8 Å². The Hall–Kier alpha value is -3.04. The minimum absolute atomic E-state index is 0.0919. The minimum Gasteiger partial charge on any atom is -0.389 e. The Labute approximate surface area is 179 Å². The van der Waals surface area contributed by atoms with Gasteiger partial charge in [-0.15, -0.1) is 0 Å². The zero-order valence-electron chi connectivity index (χ0n) is 17.9. The third-order valence-corrected chi connectivity index (χ3v) is 5.64. The smallest absolute Gasteiger partial charge is 0.294 e. The van der Waals surface area contributed by atoms with Gasteiger partial charge in [0, 0.05) is 25.0 Å². The second-order valence-corrected chi connectivity index (χ2v) is 7.75. The molecule has 0 unspecified atom stereocenters. The number of aliphatic hydroxyl groups excluding tert-OH is 1. The summed E-state index contributed by atoms with van der Waals surface area (Å²) < 4.78 is 20.1. The molecule has 1 aromatic carbocycles. The Bertz CT molecular complexity index is 1050. The zero-order valence-corrected chi connectivity index (χ0v) is 17.9. The Morgan fingerprint density at radius 2 is 1.94 bits per heavy atom. The van der Waals surface area contributed by atoms with E-state index in [1.807, 2.05) is 0 Å². The first-order valence-corrected chi connectivity index (χ1v) is 9.96. The van der Waals surface area contributed by atoms with Gasteiger partial charge in [-0.25, -0.2) is 4.39 Å². The molecular formula is C22H26FN3O5. The van der Waals surface area contributed by atoms with E-state index in [4.69, 9.17) is 4.74 Å². The van der Waals surface area contributed by atoms with Gasteiger partial charge >= 0.3 is 0 Å². The quantitative estimate of drug-likeness (QED) is 0.494. The van der Waals surface area contributed by atoms with Crippen LogP contribution in [0.25, 0.3) is 0 Å². The lowest BCUT2D eigenvalue weighted by molar-refractivity contribution is -0.120. The number of amides is 2. The number of nitrogens with zero attached hydrogens (tertiary/aromatic N) is 1. The van der Waals surface area contributed by atoms with Gasteiger partial charge in [0.1, 0.15) is 5.82 Å². The van der Waals surface area contributed by atoms with Crippen LogP contribution in [0.5, 0.6) is 0 Å². The van der Waals surface area contributed by atoms with Crippen molar-refractivity contribution in [2.24, 2.45) is 7.05 Å². The van der Waals surface area contributed by atoms with E-state index in [0.29, 0.717) is 35.5 Å². The van der Waals surface area contributed by atoms with Crippen molar-refractivity contribution in [1.82, 2.24) is 9.88 Å². The number of Topliss-reactive ketones (excluding diaryl/α,β-unsaturated/α-hetero) is 1. The SMILES string of the molecule is Cc1cc(NC(=O)c2c(C)c(C(=O)C(=O)N[C@@H]3CCOC[C@H]3O)n(C)c2C)ccc1F. The molecule has 0 saturated carbocycles. The largest absolute Gasteiger partial charge is 0.389 e. The van der Waals surface area contributed by atoms with Crippen LogP contribution in [-0.2, 0) is 16.6 Å². The number of hydrogen-bond donors (Lipinski definition) is 3. The molecular weight excluding hydrogens is 405 g/mol. The first kappa shape index (κ1) is 22.6. The zero-order chi connectivity index (χ0) is 22.9. The topological polar surface area (TPSA) is 110 Å². The Morgan fingerprint density at radius 3 is 2.58 bits per heavy atom. The number of nitrogens with one attached hydrogen (secondary N) is 2. The Morgan fingerprint density at radius 1 is 1.23 bits per heavy atom. The number of benzene rings is 1. The average molecular weight is 431 g/mol. The molecule has 1 aromatic heterocycles. The lowest BCUT2D eigenvalue weighted by Crippen LogP contribution is -2.50. The summed E-state index contributed by atoms with van der Waals surface area (Å²) in [5.74, 6) is -2.48. The van der Waals surface area contributed by atoms with E-state index in [0.717, 1.165) is 0 Å². The highest BCUT2D eigenvalue weighted by molar-refractivity contribution is 6.43. The molecule has 166 valence electrons. The molecule has 31 heavy (non-hydrogen) atoms.